The van der Waals surface area contributed by atoms with Crippen LogP contribution in [0.15, 0.2) is 42.5 Å². The summed E-state index contributed by atoms with van der Waals surface area (Å²) in [4.78, 5) is 0. The molecule has 1 aliphatic rings. The first kappa shape index (κ1) is 14.0. The van der Waals surface area contributed by atoms with Gasteiger partial charge in [0.1, 0.15) is 11.6 Å². The van der Waals surface area contributed by atoms with Crippen LogP contribution in [0, 0.1) is 12.7 Å². The summed E-state index contributed by atoms with van der Waals surface area (Å²) in [5, 5.41) is 0. The van der Waals surface area contributed by atoms with Crippen LogP contribution in [0.1, 0.15) is 35.6 Å². The molecular formula is C17H19FN2O. The molecule has 0 heterocycles. The van der Waals surface area contributed by atoms with Gasteiger partial charge in [-0.15, -0.1) is 0 Å². The van der Waals surface area contributed by atoms with E-state index in [2.05, 4.69) is 5.43 Å². The molecule has 0 spiro atoms. The van der Waals surface area contributed by atoms with Crippen molar-refractivity contribution in [2.45, 2.75) is 31.9 Å². The monoisotopic (exact) mass is 286 g/mol. The quantitative estimate of drug-likeness (QED) is 0.655. The Bertz CT molecular complexity index is 623. The number of hydrogen-bond donors (Lipinski definition) is 2. The third-order valence-corrected chi connectivity index (χ3v) is 3.67. The summed E-state index contributed by atoms with van der Waals surface area (Å²) in [6, 6.07) is 12.4. The number of hydrogen-bond acceptors (Lipinski definition) is 3. The second-order valence-electron chi connectivity index (χ2n) is 5.51. The van der Waals surface area contributed by atoms with E-state index in [1.807, 2.05) is 37.3 Å². The maximum Gasteiger partial charge on any atom is 0.128 e. The highest BCUT2D eigenvalue weighted by Gasteiger charge is 2.23. The zero-order valence-corrected chi connectivity index (χ0v) is 12.0. The van der Waals surface area contributed by atoms with Gasteiger partial charge in [0.2, 0.25) is 0 Å². The highest BCUT2D eigenvalue weighted by molar-refractivity contribution is 5.37. The molecule has 4 heteroatoms. The van der Waals surface area contributed by atoms with Crippen LogP contribution in [0.3, 0.4) is 0 Å². The summed E-state index contributed by atoms with van der Waals surface area (Å²) >= 11 is 0. The SMILES string of the molecule is Cc1ccc(C(NN)c2ccc(OC3CC3)cc2)c(F)c1. The van der Waals surface area contributed by atoms with E-state index in [1.165, 1.54) is 6.07 Å². The summed E-state index contributed by atoms with van der Waals surface area (Å²) < 4.78 is 19.8. The van der Waals surface area contributed by atoms with Gasteiger partial charge in [-0.25, -0.2) is 9.82 Å². The van der Waals surface area contributed by atoms with E-state index in [0.717, 1.165) is 29.7 Å². The van der Waals surface area contributed by atoms with Gasteiger partial charge in [-0.2, -0.15) is 0 Å². The van der Waals surface area contributed by atoms with E-state index in [4.69, 9.17) is 10.6 Å². The first-order valence-corrected chi connectivity index (χ1v) is 7.16. The average molecular weight is 286 g/mol. The van der Waals surface area contributed by atoms with Crippen LogP contribution >= 0.6 is 0 Å². The van der Waals surface area contributed by atoms with E-state index in [-0.39, 0.29) is 11.9 Å². The fourth-order valence-corrected chi connectivity index (χ4v) is 2.35. The normalized spacial score (nSPS) is 15.8. The predicted octanol–water partition coefficient (Wildman–Crippen LogP) is 3.23. The third kappa shape index (κ3) is 3.23. The Morgan fingerprint density at radius 2 is 1.90 bits per heavy atom. The number of aryl methyl sites for hydroxylation is 1. The molecule has 1 fully saturated rings. The van der Waals surface area contributed by atoms with Gasteiger partial charge in [0.25, 0.3) is 0 Å². The lowest BCUT2D eigenvalue weighted by atomic mass is 9.98. The van der Waals surface area contributed by atoms with Crippen molar-refractivity contribution in [3.8, 4) is 5.75 Å². The lowest BCUT2D eigenvalue weighted by Crippen LogP contribution is -2.29. The molecule has 2 aromatic carbocycles. The Morgan fingerprint density at radius 3 is 2.48 bits per heavy atom. The van der Waals surface area contributed by atoms with Crippen molar-refractivity contribution in [2.75, 3.05) is 0 Å². The van der Waals surface area contributed by atoms with E-state index in [0.29, 0.717) is 11.7 Å². The second-order valence-corrected chi connectivity index (χ2v) is 5.51. The smallest absolute Gasteiger partial charge is 0.128 e. The molecule has 0 saturated heterocycles. The van der Waals surface area contributed by atoms with Crippen LogP contribution in [-0.4, -0.2) is 6.10 Å². The Morgan fingerprint density at radius 1 is 1.19 bits per heavy atom. The zero-order chi connectivity index (χ0) is 14.8. The summed E-state index contributed by atoms with van der Waals surface area (Å²) in [5.41, 5.74) is 5.02. The van der Waals surface area contributed by atoms with Gasteiger partial charge in [-0.05, 0) is 49.1 Å². The summed E-state index contributed by atoms with van der Waals surface area (Å²) in [5.74, 6) is 6.22. The molecule has 3 rings (SSSR count). The van der Waals surface area contributed by atoms with Crippen molar-refractivity contribution in [3.63, 3.8) is 0 Å². The van der Waals surface area contributed by atoms with Crippen molar-refractivity contribution >= 4 is 0 Å². The number of ether oxygens (including phenoxy) is 1. The van der Waals surface area contributed by atoms with Gasteiger partial charge in [-0.3, -0.25) is 5.84 Å². The molecular weight excluding hydrogens is 267 g/mol. The van der Waals surface area contributed by atoms with Gasteiger partial charge in [0.05, 0.1) is 12.1 Å². The Labute approximate surface area is 123 Å². The van der Waals surface area contributed by atoms with Crippen LogP contribution in [0.4, 0.5) is 4.39 Å². The number of nitrogens with one attached hydrogen (secondary N) is 1. The van der Waals surface area contributed by atoms with Crippen molar-refractivity contribution < 1.29 is 9.13 Å². The molecule has 0 bridgehead atoms. The minimum atomic E-state index is -0.374. The highest BCUT2D eigenvalue weighted by Crippen LogP contribution is 2.29. The van der Waals surface area contributed by atoms with Crippen LogP contribution in [-0.2, 0) is 0 Å². The fraction of sp³-hybridized carbons (Fsp3) is 0.294. The molecule has 0 amide bonds. The van der Waals surface area contributed by atoms with E-state index in [1.54, 1.807) is 6.07 Å². The summed E-state index contributed by atoms with van der Waals surface area (Å²) in [7, 11) is 0. The van der Waals surface area contributed by atoms with Gasteiger partial charge in [0, 0.05) is 5.56 Å². The molecule has 3 nitrogen and oxygen atoms in total. The number of benzene rings is 2. The molecule has 1 saturated carbocycles. The molecule has 21 heavy (non-hydrogen) atoms. The largest absolute Gasteiger partial charge is 0.490 e. The van der Waals surface area contributed by atoms with Gasteiger partial charge >= 0.3 is 0 Å². The molecule has 3 N–H and O–H groups in total. The fourth-order valence-electron chi connectivity index (χ4n) is 2.35. The summed E-state index contributed by atoms with van der Waals surface area (Å²) in [6.07, 6.45) is 2.63. The molecule has 0 radical (unpaired) electrons. The average Bonchev–Trinajstić information content (AvgIpc) is 3.27. The number of nitrogens with two attached hydrogens (primary N) is 1. The standard InChI is InChI=1S/C17H19FN2O/c1-11-2-9-15(16(18)10-11)17(20-19)12-3-5-13(6-4-12)21-14-7-8-14/h2-6,9-10,14,17,20H,7-8,19H2,1H3. The third-order valence-electron chi connectivity index (χ3n) is 3.67. The van der Waals surface area contributed by atoms with Crippen molar-refractivity contribution in [1.29, 1.82) is 0 Å². The minimum Gasteiger partial charge on any atom is -0.490 e. The van der Waals surface area contributed by atoms with E-state index >= 15 is 0 Å². The molecule has 2 aromatic rings. The first-order valence-electron chi connectivity index (χ1n) is 7.16. The van der Waals surface area contributed by atoms with E-state index < -0.39 is 0 Å². The Balaban J connectivity index is 1.84. The number of rotatable bonds is 5. The van der Waals surface area contributed by atoms with E-state index in [9.17, 15) is 4.39 Å². The highest BCUT2D eigenvalue weighted by atomic mass is 19.1. The molecule has 1 atom stereocenters. The zero-order valence-electron chi connectivity index (χ0n) is 12.0. The first-order chi connectivity index (χ1) is 10.2. The van der Waals surface area contributed by atoms with Gasteiger partial charge < -0.3 is 4.74 Å². The van der Waals surface area contributed by atoms with Gasteiger partial charge in [0.15, 0.2) is 0 Å². The lowest BCUT2D eigenvalue weighted by Gasteiger charge is -2.18. The van der Waals surface area contributed by atoms with Crippen molar-refractivity contribution in [1.82, 2.24) is 5.43 Å². The van der Waals surface area contributed by atoms with Crippen molar-refractivity contribution in [3.05, 3.63) is 65.0 Å². The van der Waals surface area contributed by atoms with Crippen LogP contribution in [0.2, 0.25) is 0 Å². The number of halogens is 1. The van der Waals surface area contributed by atoms with Gasteiger partial charge in [-0.1, -0.05) is 24.3 Å². The molecule has 0 aromatic heterocycles. The maximum absolute atomic E-state index is 14.1. The Kier molecular flexibility index (Phi) is 3.90. The summed E-state index contributed by atoms with van der Waals surface area (Å²) in [6.45, 7) is 1.86. The predicted molar refractivity (Wildman–Crippen MR) is 80.4 cm³/mol. The Hall–Kier alpha value is -1.91. The molecule has 110 valence electrons. The van der Waals surface area contributed by atoms with Crippen LogP contribution in [0.25, 0.3) is 0 Å². The molecule has 1 unspecified atom stereocenters. The topological polar surface area (TPSA) is 47.3 Å². The molecule has 1 aliphatic carbocycles. The van der Waals surface area contributed by atoms with Crippen molar-refractivity contribution in [2.24, 2.45) is 5.84 Å². The van der Waals surface area contributed by atoms with Crippen LogP contribution < -0.4 is 16.0 Å². The lowest BCUT2D eigenvalue weighted by molar-refractivity contribution is 0.303. The van der Waals surface area contributed by atoms with Crippen LogP contribution in [0.5, 0.6) is 5.75 Å². The number of hydrazine groups is 1. The maximum atomic E-state index is 14.1. The minimum absolute atomic E-state index is 0.253. The molecule has 0 aliphatic heterocycles. The second kappa shape index (κ2) is 5.84.